The predicted molar refractivity (Wildman–Crippen MR) is 94.1 cm³/mol. The van der Waals surface area contributed by atoms with Crippen LogP contribution in [0.2, 0.25) is 0 Å². The Morgan fingerprint density at radius 1 is 1.19 bits per heavy atom. The van der Waals surface area contributed by atoms with Gasteiger partial charge < -0.3 is 15.4 Å². The highest BCUT2D eigenvalue weighted by Gasteiger charge is 2.15. The molecule has 2 N–H and O–H groups in total. The molecule has 1 aromatic carbocycles. The molecule has 0 spiro atoms. The van der Waals surface area contributed by atoms with E-state index >= 15 is 0 Å². The maximum Gasteiger partial charge on any atom is 0.340 e. The van der Waals surface area contributed by atoms with Gasteiger partial charge in [-0.25, -0.2) is 9.18 Å². The normalized spacial score (nSPS) is 10.8. The van der Waals surface area contributed by atoms with Crippen molar-refractivity contribution in [2.24, 2.45) is 0 Å². The standard InChI is InChI=1S/C17H17FN6O2/c1-9-12(6-10-4-5-11(18)7-13(10)20-9)15(25)26-8-14-21-16(19)23-17(22-14)24(2)3/h4-7H,8H2,1-3H3,(H2,19,21,22,23). The Bertz CT molecular complexity index is 992. The molecule has 0 bridgehead atoms. The van der Waals surface area contributed by atoms with Crippen molar-refractivity contribution in [3.63, 3.8) is 0 Å². The average molecular weight is 356 g/mol. The number of aryl methyl sites for hydroxylation is 1. The number of carbonyl (C=O) groups excluding carboxylic acids is 1. The molecule has 0 radical (unpaired) electrons. The van der Waals surface area contributed by atoms with Gasteiger partial charge in [-0.05, 0) is 25.1 Å². The summed E-state index contributed by atoms with van der Waals surface area (Å²) in [7, 11) is 3.52. The number of hydrogen-bond donors (Lipinski definition) is 1. The lowest BCUT2D eigenvalue weighted by Gasteiger charge is -2.12. The molecule has 0 aliphatic rings. The molecule has 9 heteroatoms. The van der Waals surface area contributed by atoms with Gasteiger partial charge in [0.05, 0.1) is 16.8 Å². The Kier molecular flexibility index (Phi) is 4.61. The smallest absolute Gasteiger partial charge is 0.340 e. The number of rotatable bonds is 4. The second-order valence-electron chi connectivity index (χ2n) is 5.84. The number of fused-ring (bicyclic) bond motifs is 1. The lowest BCUT2D eigenvalue weighted by atomic mass is 10.1. The van der Waals surface area contributed by atoms with E-state index < -0.39 is 5.97 Å². The van der Waals surface area contributed by atoms with Crippen molar-refractivity contribution >= 4 is 28.8 Å². The number of pyridine rings is 1. The number of aromatic nitrogens is 4. The highest BCUT2D eigenvalue weighted by molar-refractivity contribution is 5.95. The van der Waals surface area contributed by atoms with Gasteiger partial charge in [0, 0.05) is 25.5 Å². The summed E-state index contributed by atoms with van der Waals surface area (Å²) in [5.74, 6) is -0.312. The largest absolute Gasteiger partial charge is 0.454 e. The Labute approximate surface area is 148 Å². The lowest BCUT2D eigenvalue weighted by Crippen LogP contribution is -2.17. The van der Waals surface area contributed by atoms with Gasteiger partial charge in [0.15, 0.2) is 12.4 Å². The SMILES string of the molecule is Cc1nc2cc(F)ccc2cc1C(=O)OCc1nc(N)nc(N(C)C)n1. The van der Waals surface area contributed by atoms with E-state index in [4.69, 9.17) is 10.5 Å². The average Bonchev–Trinajstić information content (AvgIpc) is 2.58. The summed E-state index contributed by atoms with van der Waals surface area (Å²) in [6, 6.07) is 5.80. The number of carbonyl (C=O) groups is 1. The summed E-state index contributed by atoms with van der Waals surface area (Å²) in [5.41, 5.74) is 6.85. The molecule has 0 saturated heterocycles. The number of esters is 1. The van der Waals surface area contributed by atoms with E-state index in [1.165, 1.54) is 12.1 Å². The van der Waals surface area contributed by atoms with E-state index in [0.29, 0.717) is 28.1 Å². The van der Waals surface area contributed by atoms with Gasteiger partial charge in [-0.15, -0.1) is 0 Å². The van der Waals surface area contributed by atoms with Crippen LogP contribution in [-0.4, -0.2) is 40.0 Å². The Morgan fingerprint density at radius 3 is 2.69 bits per heavy atom. The molecular weight excluding hydrogens is 339 g/mol. The quantitative estimate of drug-likeness (QED) is 0.706. The summed E-state index contributed by atoms with van der Waals surface area (Å²) < 4.78 is 18.6. The Hall–Kier alpha value is -3.36. The van der Waals surface area contributed by atoms with Gasteiger partial charge in [-0.2, -0.15) is 15.0 Å². The molecule has 0 saturated carbocycles. The zero-order valence-electron chi connectivity index (χ0n) is 14.5. The van der Waals surface area contributed by atoms with Crippen LogP contribution < -0.4 is 10.6 Å². The molecule has 8 nitrogen and oxygen atoms in total. The van der Waals surface area contributed by atoms with Gasteiger partial charge in [-0.1, -0.05) is 0 Å². The van der Waals surface area contributed by atoms with Gasteiger partial charge in [0.25, 0.3) is 0 Å². The molecule has 3 rings (SSSR count). The molecule has 0 unspecified atom stereocenters. The number of nitrogen functional groups attached to an aromatic ring is 1. The van der Waals surface area contributed by atoms with Gasteiger partial charge in [-0.3, -0.25) is 4.98 Å². The van der Waals surface area contributed by atoms with Crippen LogP contribution in [0.1, 0.15) is 21.9 Å². The van der Waals surface area contributed by atoms with Crippen molar-refractivity contribution in [1.29, 1.82) is 0 Å². The second kappa shape index (κ2) is 6.87. The van der Waals surface area contributed by atoms with Crippen LogP contribution in [0.25, 0.3) is 10.9 Å². The van der Waals surface area contributed by atoms with Gasteiger partial charge in [0.1, 0.15) is 5.82 Å². The van der Waals surface area contributed by atoms with E-state index in [2.05, 4.69) is 19.9 Å². The number of nitrogens with zero attached hydrogens (tertiary/aromatic N) is 5. The van der Waals surface area contributed by atoms with Crippen LogP contribution in [-0.2, 0) is 11.3 Å². The van der Waals surface area contributed by atoms with Crippen molar-refractivity contribution < 1.29 is 13.9 Å². The molecule has 2 heterocycles. The van der Waals surface area contributed by atoms with Crippen molar-refractivity contribution in [2.45, 2.75) is 13.5 Å². The number of anilines is 2. The summed E-state index contributed by atoms with van der Waals surface area (Å²) in [5, 5.41) is 0.642. The van der Waals surface area contributed by atoms with E-state index in [-0.39, 0.29) is 24.2 Å². The highest BCUT2D eigenvalue weighted by Crippen LogP contribution is 2.19. The van der Waals surface area contributed by atoms with Crippen LogP contribution in [0.5, 0.6) is 0 Å². The number of hydrogen-bond acceptors (Lipinski definition) is 8. The third kappa shape index (κ3) is 3.66. The highest BCUT2D eigenvalue weighted by atomic mass is 19.1. The van der Waals surface area contributed by atoms with Crippen LogP contribution in [0.15, 0.2) is 24.3 Å². The number of benzene rings is 1. The zero-order chi connectivity index (χ0) is 18.8. The number of halogens is 1. The van der Waals surface area contributed by atoms with Crippen molar-refractivity contribution in [3.05, 3.63) is 47.2 Å². The molecule has 134 valence electrons. The van der Waals surface area contributed by atoms with Crippen molar-refractivity contribution in [3.8, 4) is 0 Å². The summed E-state index contributed by atoms with van der Waals surface area (Å²) in [6.45, 7) is 1.50. The molecular formula is C17H17FN6O2. The van der Waals surface area contributed by atoms with E-state index in [1.807, 2.05) is 0 Å². The van der Waals surface area contributed by atoms with Gasteiger partial charge >= 0.3 is 5.97 Å². The minimum Gasteiger partial charge on any atom is -0.454 e. The number of nitrogens with two attached hydrogens (primary N) is 1. The lowest BCUT2D eigenvalue weighted by molar-refractivity contribution is 0.0461. The van der Waals surface area contributed by atoms with Crippen LogP contribution >= 0.6 is 0 Å². The minimum atomic E-state index is -0.577. The number of ether oxygens (including phenoxy) is 1. The Balaban J connectivity index is 1.81. The van der Waals surface area contributed by atoms with Crippen LogP contribution in [0.3, 0.4) is 0 Å². The van der Waals surface area contributed by atoms with E-state index in [0.717, 1.165) is 0 Å². The van der Waals surface area contributed by atoms with Crippen LogP contribution in [0, 0.1) is 12.7 Å². The first-order valence-electron chi connectivity index (χ1n) is 7.75. The monoisotopic (exact) mass is 356 g/mol. The molecule has 0 fully saturated rings. The third-order valence-corrected chi connectivity index (χ3v) is 3.61. The van der Waals surface area contributed by atoms with Crippen LogP contribution in [0.4, 0.5) is 16.3 Å². The molecule has 26 heavy (non-hydrogen) atoms. The van der Waals surface area contributed by atoms with E-state index in [1.54, 1.807) is 38.1 Å². The van der Waals surface area contributed by atoms with E-state index in [9.17, 15) is 9.18 Å². The molecule has 0 aliphatic heterocycles. The first-order valence-corrected chi connectivity index (χ1v) is 7.75. The molecule has 0 amide bonds. The Morgan fingerprint density at radius 2 is 1.96 bits per heavy atom. The molecule has 3 aromatic rings. The predicted octanol–water partition coefficient (Wildman–Crippen LogP) is 1.87. The summed E-state index contributed by atoms with van der Waals surface area (Å²) in [4.78, 5) is 30.4. The fourth-order valence-corrected chi connectivity index (χ4v) is 2.34. The molecule has 0 aliphatic carbocycles. The van der Waals surface area contributed by atoms with Gasteiger partial charge in [0.2, 0.25) is 11.9 Å². The third-order valence-electron chi connectivity index (χ3n) is 3.61. The zero-order valence-corrected chi connectivity index (χ0v) is 14.5. The summed E-state index contributed by atoms with van der Waals surface area (Å²) >= 11 is 0. The second-order valence-corrected chi connectivity index (χ2v) is 5.84. The first kappa shape index (κ1) is 17.5. The topological polar surface area (TPSA) is 107 Å². The fourth-order valence-electron chi connectivity index (χ4n) is 2.34. The first-order chi connectivity index (χ1) is 12.3. The van der Waals surface area contributed by atoms with Crippen molar-refractivity contribution in [1.82, 2.24) is 19.9 Å². The van der Waals surface area contributed by atoms with Crippen molar-refractivity contribution in [2.75, 3.05) is 24.7 Å². The maximum atomic E-state index is 13.3. The molecule has 0 atom stereocenters. The minimum absolute atomic E-state index is 0.0420. The fraction of sp³-hybridized carbons (Fsp3) is 0.235. The maximum absolute atomic E-state index is 13.3. The molecule has 2 aromatic heterocycles. The summed E-state index contributed by atoms with van der Waals surface area (Å²) in [6.07, 6.45) is 0.